The lowest BCUT2D eigenvalue weighted by Gasteiger charge is -2.17. The fourth-order valence-electron chi connectivity index (χ4n) is 1.78. The van der Waals surface area contributed by atoms with Crippen LogP contribution in [-0.2, 0) is 11.4 Å². The molecule has 2 rings (SSSR count). The predicted molar refractivity (Wildman–Crippen MR) is 89.9 cm³/mol. The van der Waals surface area contributed by atoms with Crippen molar-refractivity contribution < 1.29 is 4.55 Å². The molecule has 22 heavy (non-hydrogen) atoms. The van der Waals surface area contributed by atoms with Crippen molar-refractivity contribution in [2.75, 3.05) is 0 Å². The summed E-state index contributed by atoms with van der Waals surface area (Å²) in [5.74, 6) is 0. The van der Waals surface area contributed by atoms with Crippen molar-refractivity contribution in [2.24, 2.45) is 4.40 Å². The minimum absolute atomic E-state index is 0.411. The molecule has 0 amide bonds. The third-order valence-electron chi connectivity index (χ3n) is 2.94. The van der Waals surface area contributed by atoms with Crippen LogP contribution in [-0.4, -0.2) is 20.5 Å². The van der Waals surface area contributed by atoms with Gasteiger partial charge in [0.05, 0.1) is 17.3 Å². The Bertz CT molecular complexity index is 729. The molecule has 0 aliphatic rings. The van der Waals surface area contributed by atoms with Gasteiger partial charge in [0.1, 0.15) is 22.3 Å². The topological polar surface area (TPSA) is 72.1 Å². The van der Waals surface area contributed by atoms with Crippen LogP contribution in [0.15, 0.2) is 47.0 Å². The molecule has 1 heterocycles. The van der Waals surface area contributed by atoms with Gasteiger partial charge in [0.15, 0.2) is 0 Å². The van der Waals surface area contributed by atoms with Crippen LogP contribution in [0.5, 0.6) is 0 Å². The summed E-state index contributed by atoms with van der Waals surface area (Å²) in [7, 11) is 0. The first-order chi connectivity index (χ1) is 10.4. The Kier molecular flexibility index (Phi) is 4.96. The molecule has 0 saturated heterocycles. The van der Waals surface area contributed by atoms with Gasteiger partial charge in [-0.2, -0.15) is 5.26 Å². The largest absolute Gasteiger partial charge is 0.591 e. The first-order valence-corrected chi connectivity index (χ1v) is 7.94. The van der Waals surface area contributed by atoms with E-state index in [1.54, 1.807) is 18.3 Å². The van der Waals surface area contributed by atoms with E-state index in [0.717, 1.165) is 11.1 Å². The van der Waals surface area contributed by atoms with Gasteiger partial charge in [-0.05, 0) is 44.5 Å². The highest BCUT2D eigenvalue weighted by Gasteiger charge is 2.26. The van der Waals surface area contributed by atoms with E-state index in [4.69, 9.17) is 5.26 Å². The van der Waals surface area contributed by atoms with Crippen molar-refractivity contribution in [3.05, 3.63) is 53.9 Å². The van der Waals surface area contributed by atoms with E-state index in [-0.39, 0.29) is 0 Å². The van der Waals surface area contributed by atoms with Gasteiger partial charge in [-0.1, -0.05) is 22.6 Å². The van der Waals surface area contributed by atoms with Crippen molar-refractivity contribution in [1.29, 1.82) is 5.26 Å². The number of nitriles is 1. The Balaban J connectivity index is 2.39. The van der Waals surface area contributed by atoms with Crippen LogP contribution in [0.3, 0.4) is 0 Å². The van der Waals surface area contributed by atoms with Crippen molar-refractivity contribution in [2.45, 2.75) is 25.5 Å². The molecule has 0 fully saturated rings. The lowest BCUT2D eigenvalue weighted by atomic mass is 10.0. The van der Waals surface area contributed by atoms with E-state index >= 15 is 0 Å². The summed E-state index contributed by atoms with van der Waals surface area (Å²) in [4.78, 5) is 4.30. The van der Waals surface area contributed by atoms with E-state index < -0.39 is 16.1 Å². The van der Waals surface area contributed by atoms with Gasteiger partial charge in [0.2, 0.25) is 0 Å². The number of aromatic nitrogens is 1. The second-order valence-electron chi connectivity index (χ2n) is 5.72. The van der Waals surface area contributed by atoms with E-state index in [2.05, 4.69) is 15.5 Å². The normalized spacial score (nSPS) is 13.0. The fraction of sp³-hybridized carbons (Fsp3) is 0.235. The monoisotopic (exact) mass is 311 g/mol. The molecule has 1 unspecified atom stereocenters. The van der Waals surface area contributed by atoms with E-state index in [1.807, 2.05) is 45.0 Å². The third kappa shape index (κ3) is 3.94. The zero-order chi connectivity index (χ0) is 16.2. The van der Waals surface area contributed by atoms with Crippen molar-refractivity contribution in [3.63, 3.8) is 0 Å². The number of nitrogens with zero attached hydrogens (tertiary/aromatic N) is 3. The van der Waals surface area contributed by atoms with Crippen LogP contribution in [0.4, 0.5) is 0 Å². The molecule has 5 heteroatoms. The molecular weight excluding hydrogens is 294 g/mol. The zero-order valence-electron chi connectivity index (χ0n) is 12.8. The van der Waals surface area contributed by atoms with Gasteiger partial charge in [0, 0.05) is 11.8 Å². The lowest BCUT2D eigenvalue weighted by Crippen LogP contribution is -2.25. The molecule has 0 aliphatic heterocycles. The zero-order valence-corrected chi connectivity index (χ0v) is 13.6. The number of pyridine rings is 1. The summed E-state index contributed by atoms with van der Waals surface area (Å²) in [6.45, 7) is 5.61. The summed E-state index contributed by atoms with van der Waals surface area (Å²) >= 11 is -1.33. The molecule has 2 aromatic rings. The smallest absolute Gasteiger partial charge is 0.144 e. The molecule has 0 saturated carbocycles. The highest BCUT2D eigenvalue weighted by atomic mass is 32.2. The summed E-state index contributed by atoms with van der Waals surface area (Å²) in [5.41, 5.74) is 2.96. The maximum Gasteiger partial charge on any atom is 0.144 e. The van der Waals surface area contributed by atoms with Gasteiger partial charge in [-0.3, -0.25) is 4.98 Å². The van der Waals surface area contributed by atoms with Crippen LogP contribution in [0.2, 0.25) is 0 Å². The van der Waals surface area contributed by atoms with Gasteiger partial charge in [-0.15, -0.1) is 0 Å². The average Bonchev–Trinajstić information content (AvgIpc) is 2.52. The Hall–Kier alpha value is -2.16. The Morgan fingerprint density at radius 2 is 2.05 bits per heavy atom. The molecule has 1 atom stereocenters. The molecule has 0 radical (unpaired) electrons. The first kappa shape index (κ1) is 16.2. The van der Waals surface area contributed by atoms with E-state index in [1.165, 1.54) is 6.21 Å². The van der Waals surface area contributed by atoms with E-state index in [9.17, 15) is 4.55 Å². The Labute approximate surface area is 133 Å². The molecule has 0 spiro atoms. The summed E-state index contributed by atoms with van der Waals surface area (Å²) in [5, 5.41) is 9.01. The van der Waals surface area contributed by atoms with Gasteiger partial charge in [-0.25, -0.2) is 0 Å². The highest BCUT2D eigenvalue weighted by molar-refractivity contribution is 7.91. The molecule has 0 N–H and O–H groups in total. The molecular formula is C17H17N3OS. The quantitative estimate of drug-likeness (QED) is 0.643. The van der Waals surface area contributed by atoms with Gasteiger partial charge in [0.25, 0.3) is 0 Å². The number of hydrogen-bond donors (Lipinski definition) is 0. The standard InChI is InChI=1S/C17H17N3OS/c1-17(2,3)22(21)20-12-16-15(8-5-9-19-16)14-7-4-6-13(10-14)11-18/h4-10,12H,1-3H3/b20-12-. The number of benzene rings is 1. The second-order valence-corrected chi connectivity index (χ2v) is 7.66. The molecule has 0 bridgehead atoms. The minimum Gasteiger partial charge on any atom is -0.591 e. The van der Waals surface area contributed by atoms with Crippen LogP contribution in [0.1, 0.15) is 32.0 Å². The van der Waals surface area contributed by atoms with Crippen LogP contribution in [0.25, 0.3) is 11.1 Å². The summed E-state index contributed by atoms with van der Waals surface area (Å²) in [6, 6.07) is 13.2. The summed E-state index contributed by atoms with van der Waals surface area (Å²) < 4.78 is 15.7. The van der Waals surface area contributed by atoms with Crippen LogP contribution >= 0.6 is 0 Å². The summed E-state index contributed by atoms with van der Waals surface area (Å²) in [6.07, 6.45) is 3.20. The molecule has 112 valence electrons. The van der Waals surface area contributed by atoms with Crippen molar-refractivity contribution in [3.8, 4) is 17.2 Å². The fourth-order valence-corrected chi connectivity index (χ4v) is 2.29. The molecule has 0 aliphatic carbocycles. The van der Waals surface area contributed by atoms with Crippen molar-refractivity contribution >= 4 is 17.6 Å². The predicted octanol–water partition coefficient (Wildman–Crippen LogP) is 3.50. The Morgan fingerprint density at radius 1 is 1.27 bits per heavy atom. The third-order valence-corrected chi connectivity index (χ3v) is 4.28. The average molecular weight is 311 g/mol. The molecule has 1 aromatic carbocycles. The lowest BCUT2D eigenvalue weighted by molar-refractivity contribution is 0.562. The molecule has 1 aromatic heterocycles. The first-order valence-electron chi connectivity index (χ1n) is 6.83. The number of rotatable bonds is 3. The van der Waals surface area contributed by atoms with Crippen molar-refractivity contribution in [1.82, 2.24) is 4.98 Å². The maximum atomic E-state index is 12.0. The Morgan fingerprint density at radius 3 is 2.73 bits per heavy atom. The molecule has 4 nitrogen and oxygen atoms in total. The highest BCUT2D eigenvalue weighted by Crippen LogP contribution is 2.23. The van der Waals surface area contributed by atoms with E-state index in [0.29, 0.717) is 11.3 Å². The SMILES string of the molecule is CC(C)(C)[S+]([O-])/N=C\c1ncccc1-c1cccc(C#N)c1. The number of hydrogen-bond acceptors (Lipinski definition) is 4. The van der Waals surface area contributed by atoms with Gasteiger partial charge < -0.3 is 4.55 Å². The maximum absolute atomic E-state index is 12.0. The van der Waals surface area contributed by atoms with Crippen LogP contribution in [0, 0.1) is 11.3 Å². The minimum atomic E-state index is -1.33. The second kappa shape index (κ2) is 6.73. The van der Waals surface area contributed by atoms with Gasteiger partial charge >= 0.3 is 0 Å². The van der Waals surface area contributed by atoms with Crippen LogP contribution < -0.4 is 0 Å².